The minimum absolute atomic E-state index is 0.153. The molecule has 0 bridgehead atoms. The maximum atomic E-state index is 12.1. The maximum absolute atomic E-state index is 12.1. The summed E-state index contributed by atoms with van der Waals surface area (Å²) in [6.45, 7) is 2.07. The summed E-state index contributed by atoms with van der Waals surface area (Å²) in [7, 11) is 3.02. The number of esters is 1. The molecule has 0 aromatic heterocycles. The summed E-state index contributed by atoms with van der Waals surface area (Å²) in [5, 5.41) is 2.65. The zero-order valence-corrected chi connectivity index (χ0v) is 16.3. The lowest BCUT2D eigenvalue weighted by atomic mass is 10.1. The van der Waals surface area contributed by atoms with Gasteiger partial charge in [0.05, 0.1) is 26.5 Å². The first-order valence-electron chi connectivity index (χ1n) is 8.95. The number of aryl methyl sites for hydroxylation is 1. The lowest BCUT2D eigenvalue weighted by molar-refractivity contribution is -0.147. The third-order valence-electron chi connectivity index (χ3n) is 3.92. The third kappa shape index (κ3) is 6.19. The van der Waals surface area contributed by atoms with E-state index in [2.05, 4.69) is 5.32 Å². The lowest BCUT2D eigenvalue weighted by Gasteiger charge is -2.12. The van der Waals surface area contributed by atoms with Gasteiger partial charge in [-0.2, -0.15) is 0 Å². The summed E-state index contributed by atoms with van der Waals surface area (Å²) in [5.41, 5.74) is 1.36. The van der Waals surface area contributed by atoms with Gasteiger partial charge in [-0.25, -0.2) is 0 Å². The van der Waals surface area contributed by atoms with E-state index in [1.165, 1.54) is 14.2 Å². The number of para-hydroxylation sites is 1. The van der Waals surface area contributed by atoms with Crippen molar-refractivity contribution in [1.29, 1.82) is 0 Å². The number of ether oxygens (including phenoxy) is 4. The van der Waals surface area contributed by atoms with Crippen LogP contribution in [0.2, 0.25) is 0 Å². The average Bonchev–Trinajstić information content (AvgIpc) is 2.71. The number of rotatable bonds is 10. The van der Waals surface area contributed by atoms with Crippen molar-refractivity contribution >= 4 is 17.6 Å². The first-order chi connectivity index (χ1) is 13.6. The summed E-state index contributed by atoms with van der Waals surface area (Å²) in [6.07, 6.45) is 0.625. The molecule has 28 heavy (non-hydrogen) atoms. The molecule has 2 aromatic carbocycles. The van der Waals surface area contributed by atoms with Crippen molar-refractivity contribution in [3.63, 3.8) is 0 Å². The molecule has 1 N–H and O–H groups in total. The third-order valence-corrected chi connectivity index (χ3v) is 3.92. The molecular weight excluding hydrogens is 362 g/mol. The zero-order chi connectivity index (χ0) is 20.4. The predicted octanol–water partition coefficient (Wildman–Crippen LogP) is 3.22. The SMILES string of the molecule is CCOc1ccccc1CCC(=O)OCC(=O)Nc1cc(OC)ccc1OC. The number of carbonyl (C=O) groups is 2. The van der Waals surface area contributed by atoms with Crippen molar-refractivity contribution in [3.05, 3.63) is 48.0 Å². The van der Waals surface area contributed by atoms with Crippen LogP contribution in [0.3, 0.4) is 0 Å². The van der Waals surface area contributed by atoms with Crippen molar-refractivity contribution in [2.24, 2.45) is 0 Å². The van der Waals surface area contributed by atoms with Gasteiger partial charge in [-0.05, 0) is 37.1 Å². The second-order valence-electron chi connectivity index (χ2n) is 5.82. The highest BCUT2D eigenvalue weighted by molar-refractivity contribution is 5.94. The average molecular weight is 387 g/mol. The second-order valence-corrected chi connectivity index (χ2v) is 5.82. The van der Waals surface area contributed by atoms with Crippen LogP contribution in [-0.2, 0) is 20.7 Å². The van der Waals surface area contributed by atoms with Crippen LogP contribution in [0.15, 0.2) is 42.5 Å². The number of hydrogen-bond donors (Lipinski definition) is 1. The summed E-state index contributed by atoms with van der Waals surface area (Å²) in [6, 6.07) is 12.6. The number of methoxy groups -OCH3 is 2. The molecule has 0 aliphatic rings. The number of benzene rings is 2. The van der Waals surface area contributed by atoms with Gasteiger partial charge in [0.15, 0.2) is 6.61 Å². The van der Waals surface area contributed by atoms with E-state index in [0.717, 1.165) is 11.3 Å². The minimum atomic E-state index is -0.463. The van der Waals surface area contributed by atoms with Crippen molar-refractivity contribution < 1.29 is 28.5 Å². The first-order valence-corrected chi connectivity index (χ1v) is 8.95. The Morgan fingerprint density at radius 2 is 1.79 bits per heavy atom. The molecular formula is C21H25NO6. The van der Waals surface area contributed by atoms with E-state index < -0.39 is 11.9 Å². The van der Waals surface area contributed by atoms with Gasteiger partial charge in [0.2, 0.25) is 0 Å². The Morgan fingerprint density at radius 3 is 2.50 bits per heavy atom. The molecule has 0 saturated carbocycles. The van der Waals surface area contributed by atoms with Crippen LogP contribution in [0.5, 0.6) is 17.2 Å². The number of anilines is 1. The molecule has 0 aliphatic carbocycles. The highest BCUT2D eigenvalue weighted by Crippen LogP contribution is 2.28. The minimum Gasteiger partial charge on any atom is -0.497 e. The first kappa shape index (κ1) is 21.1. The standard InChI is InChI=1S/C21H25NO6/c1-4-27-18-8-6-5-7-15(18)9-12-21(24)28-14-20(23)22-17-13-16(25-2)10-11-19(17)26-3/h5-8,10-11,13H,4,9,12,14H2,1-3H3,(H,22,23). The van der Waals surface area contributed by atoms with Crippen molar-refractivity contribution in [2.75, 3.05) is 32.8 Å². The molecule has 0 atom stereocenters. The van der Waals surface area contributed by atoms with Crippen LogP contribution in [0, 0.1) is 0 Å². The van der Waals surface area contributed by atoms with Crippen molar-refractivity contribution in [2.45, 2.75) is 19.8 Å². The molecule has 7 nitrogen and oxygen atoms in total. The van der Waals surface area contributed by atoms with E-state index in [1.807, 2.05) is 31.2 Å². The van der Waals surface area contributed by atoms with Crippen molar-refractivity contribution in [3.8, 4) is 17.2 Å². The fourth-order valence-corrected chi connectivity index (χ4v) is 2.56. The van der Waals surface area contributed by atoms with Gasteiger partial charge in [0.1, 0.15) is 17.2 Å². The summed E-state index contributed by atoms with van der Waals surface area (Å²) >= 11 is 0. The van der Waals surface area contributed by atoms with Gasteiger partial charge in [-0.1, -0.05) is 18.2 Å². The second kappa shape index (κ2) is 10.8. The fourth-order valence-electron chi connectivity index (χ4n) is 2.56. The highest BCUT2D eigenvalue weighted by atomic mass is 16.5. The monoisotopic (exact) mass is 387 g/mol. The van der Waals surface area contributed by atoms with Crippen LogP contribution in [0.1, 0.15) is 18.9 Å². The van der Waals surface area contributed by atoms with E-state index in [4.69, 9.17) is 18.9 Å². The Labute approximate surface area is 164 Å². The van der Waals surface area contributed by atoms with Crippen LogP contribution in [0.4, 0.5) is 5.69 Å². The van der Waals surface area contributed by atoms with Gasteiger partial charge in [0.25, 0.3) is 5.91 Å². The van der Waals surface area contributed by atoms with E-state index in [-0.39, 0.29) is 13.0 Å². The Balaban J connectivity index is 1.84. The van der Waals surface area contributed by atoms with Crippen LogP contribution < -0.4 is 19.5 Å². The Morgan fingerprint density at radius 1 is 1.00 bits per heavy atom. The van der Waals surface area contributed by atoms with Gasteiger partial charge in [0, 0.05) is 12.5 Å². The van der Waals surface area contributed by atoms with Crippen LogP contribution >= 0.6 is 0 Å². The Bertz CT molecular complexity index is 805. The van der Waals surface area contributed by atoms with E-state index in [0.29, 0.717) is 30.2 Å². The molecule has 0 unspecified atom stereocenters. The number of hydrogen-bond acceptors (Lipinski definition) is 6. The Kier molecular flexibility index (Phi) is 8.14. The molecule has 0 heterocycles. The van der Waals surface area contributed by atoms with Crippen LogP contribution in [-0.4, -0.2) is 39.3 Å². The summed E-state index contributed by atoms with van der Waals surface area (Å²) in [4.78, 5) is 24.1. The van der Waals surface area contributed by atoms with E-state index >= 15 is 0 Å². The number of amides is 1. The fraction of sp³-hybridized carbons (Fsp3) is 0.333. The van der Waals surface area contributed by atoms with E-state index in [1.54, 1.807) is 18.2 Å². The lowest BCUT2D eigenvalue weighted by Crippen LogP contribution is -2.21. The molecule has 0 aliphatic heterocycles. The maximum Gasteiger partial charge on any atom is 0.306 e. The van der Waals surface area contributed by atoms with Gasteiger partial charge < -0.3 is 24.3 Å². The highest BCUT2D eigenvalue weighted by Gasteiger charge is 2.12. The Hall–Kier alpha value is -3.22. The van der Waals surface area contributed by atoms with Gasteiger partial charge in [-0.15, -0.1) is 0 Å². The normalized spacial score (nSPS) is 10.1. The molecule has 1 amide bonds. The molecule has 2 aromatic rings. The molecule has 0 spiro atoms. The largest absolute Gasteiger partial charge is 0.497 e. The molecule has 7 heteroatoms. The number of carbonyl (C=O) groups excluding carboxylic acids is 2. The topological polar surface area (TPSA) is 83.1 Å². The van der Waals surface area contributed by atoms with Crippen molar-refractivity contribution in [1.82, 2.24) is 0 Å². The number of nitrogens with one attached hydrogen (secondary N) is 1. The molecule has 0 saturated heterocycles. The molecule has 0 fully saturated rings. The summed E-state index contributed by atoms with van der Waals surface area (Å²) in [5.74, 6) is 0.878. The summed E-state index contributed by atoms with van der Waals surface area (Å²) < 4.78 is 20.9. The molecule has 150 valence electrons. The van der Waals surface area contributed by atoms with Gasteiger partial charge >= 0.3 is 5.97 Å². The molecule has 2 rings (SSSR count). The van der Waals surface area contributed by atoms with Gasteiger partial charge in [-0.3, -0.25) is 9.59 Å². The molecule has 0 radical (unpaired) electrons. The van der Waals surface area contributed by atoms with E-state index in [9.17, 15) is 9.59 Å². The van der Waals surface area contributed by atoms with Crippen LogP contribution in [0.25, 0.3) is 0 Å². The quantitative estimate of drug-likeness (QED) is 0.631. The smallest absolute Gasteiger partial charge is 0.306 e. The predicted molar refractivity (Wildman–Crippen MR) is 105 cm³/mol. The zero-order valence-electron chi connectivity index (χ0n) is 16.3.